The summed E-state index contributed by atoms with van der Waals surface area (Å²) in [5.41, 5.74) is 0.881. The fourth-order valence-corrected chi connectivity index (χ4v) is 2.63. The molecule has 2 aromatic carbocycles. The Balaban J connectivity index is 2.80. The van der Waals surface area contributed by atoms with Gasteiger partial charge in [-0.15, -0.1) is 0 Å². The summed E-state index contributed by atoms with van der Waals surface area (Å²) < 4.78 is 21.1. The second-order valence-electron chi connectivity index (χ2n) is 5.24. The second kappa shape index (κ2) is 8.58. The Morgan fingerprint density at radius 1 is 1.04 bits per heavy atom. The van der Waals surface area contributed by atoms with Gasteiger partial charge < -0.3 is 18.9 Å². The van der Waals surface area contributed by atoms with Crippen LogP contribution in [0.2, 0.25) is 0 Å². The lowest BCUT2D eigenvalue weighted by Crippen LogP contribution is -2.00. The van der Waals surface area contributed by atoms with E-state index in [0.717, 1.165) is 0 Å². The van der Waals surface area contributed by atoms with Crippen LogP contribution in [0.4, 0.5) is 5.69 Å². The van der Waals surface area contributed by atoms with Gasteiger partial charge in [-0.2, -0.15) is 5.26 Å². The highest BCUT2D eigenvalue weighted by Gasteiger charge is 2.22. The number of nitriles is 1. The molecule has 0 unspecified atom stereocenters. The highest BCUT2D eigenvalue weighted by atomic mass is 16.6. The first kappa shape index (κ1) is 19.6. The van der Waals surface area contributed by atoms with Gasteiger partial charge in [-0.3, -0.25) is 10.1 Å². The molecule has 27 heavy (non-hydrogen) atoms. The van der Waals surface area contributed by atoms with E-state index in [1.54, 1.807) is 12.1 Å². The van der Waals surface area contributed by atoms with Crippen molar-refractivity contribution in [1.82, 2.24) is 0 Å². The second-order valence-corrected chi connectivity index (χ2v) is 5.24. The van der Waals surface area contributed by atoms with Crippen LogP contribution in [-0.2, 0) is 0 Å². The van der Waals surface area contributed by atoms with Gasteiger partial charge >= 0.3 is 0 Å². The molecule has 0 aliphatic carbocycles. The van der Waals surface area contributed by atoms with Crippen LogP contribution in [-0.4, -0.2) is 33.4 Å². The molecule has 140 valence electrons. The summed E-state index contributed by atoms with van der Waals surface area (Å²) in [4.78, 5) is 11.0. The summed E-state index contributed by atoms with van der Waals surface area (Å²) in [6.45, 7) is 0. The molecular weight excluding hydrogens is 352 g/mol. The average Bonchev–Trinajstić information content (AvgIpc) is 2.70. The van der Waals surface area contributed by atoms with E-state index < -0.39 is 4.92 Å². The number of methoxy groups -OCH3 is 4. The molecule has 0 aliphatic heterocycles. The zero-order valence-electron chi connectivity index (χ0n) is 15.3. The molecule has 2 aromatic rings. The van der Waals surface area contributed by atoms with E-state index >= 15 is 0 Å². The van der Waals surface area contributed by atoms with E-state index in [1.807, 2.05) is 6.07 Å². The number of rotatable bonds is 7. The minimum absolute atomic E-state index is 0.161. The van der Waals surface area contributed by atoms with E-state index in [4.69, 9.17) is 18.9 Å². The summed E-state index contributed by atoms with van der Waals surface area (Å²) in [6, 6.07) is 9.49. The number of nitro benzene ring substituents is 1. The molecule has 0 amide bonds. The monoisotopic (exact) mass is 370 g/mol. The number of hydrogen-bond acceptors (Lipinski definition) is 7. The fraction of sp³-hybridized carbons (Fsp3) is 0.211. The molecule has 8 heteroatoms. The van der Waals surface area contributed by atoms with Gasteiger partial charge in [0.1, 0.15) is 5.75 Å². The maximum absolute atomic E-state index is 11.5. The minimum atomic E-state index is -0.516. The van der Waals surface area contributed by atoms with Crippen molar-refractivity contribution >= 4 is 11.3 Å². The maximum atomic E-state index is 11.5. The van der Waals surface area contributed by atoms with E-state index in [2.05, 4.69) is 0 Å². The maximum Gasteiger partial charge on any atom is 0.277 e. The molecule has 0 bridgehead atoms. The molecule has 0 spiro atoms. The number of ether oxygens (including phenoxy) is 4. The fourth-order valence-electron chi connectivity index (χ4n) is 2.63. The molecule has 0 radical (unpaired) electrons. The Bertz CT molecular complexity index is 905. The lowest BCUT2D eigenvalue weighted by Gasteiger charge is -2.16. The summed E-state index contributed by atoms with van der Waals surface area (Å²) in [6.07, 6.45) is 1.22. The molecule has 0 N–H and O–H groups in total. The van der Waals surface area contributed by atoms with Crippen molar-refractivity contribution < 1.29 is 23.9 Å². The lowest BCUT2D eigenvalue weighted by molar-refractivity contribution is -0.385. The van der Waals surface area contributed by atoms with Crippen LogP contribution < -0.4 is 18.9 Å². The van der Waals surface area contributed by atoms with Crippen molar-refractivity contribution in [2.24, 2.45) is 0 Å². The number of nitrogens with zero attached hydrogens (tertiary/aromatic N) is 2. The molecule has 2 rings (SSSR count). The highest BCUT2D eigenvalue weighted by Crippen LogP contribution is 2.42. The van der Waals surface area contributed by atoms with Crippen LogP contribution in [0, 0.1) is 21.4 Å². The third-order valence-corrected chi connectivity index (χ3v) is 3.88. The number of hydrogen-bond donors (Lipinski definition) is 0. The summed E-state index contributed by atoms with van der Waals surface area (Å²) in [5, 5.41) is 20.7. The Hall–Kier alpha value is -3.73. The summed E-state index contributed by atoms with van der Waals surface area (Å²) in [5.74, 6) is 1.52. The van der Waals surface area contributed by atoms with Crippen LogP contribution in [0.1, 0.15) is 11.1 Å². The molecule has 0 aromatic heterocycles. The average molecular weight is 370 g/mol. The highest BCUT2D eigenvalue weighted by molar-refractivity contribution is 5.87. The Morgan fingerprint density at radius 2 is 1.67 bits per heavy atom. The van der Waals surface area contributed by atoms with Crippen molar-refractivity contribution in [3.05, 3.63) is 57.6 Å². The Kier molecular flexibility index (Phi) is 6.23. The Labute approximate surface area is 156 Å². The quantitative estimate of drug-likeness (QED) is 0.417. The number of nitro groups is 1. The smallest absolute Gasteiger partial charge is 0.277 e. The van der Waals surface area contributed by atoms with Crippen LogP contribution in [0.25, 0.3) is 5.57 Å². The molecule has 8 nitrogen and oxygen atoms in total. The molecular formula is C19H18N2O6. The van der Waals surface area contributed by atoms with Gasteiger partial charge in [0.25, 0.3) is 5.69 Å². The Morgan fingerprint density at radius 3 is 2.11 bits per heavy atom. The van der Waals surface area contributed by atoms with Crippen molar-refractivity contribution in [2.75, 3.05) is 28.4 Å². The van der Waals surface area contributed by atoms with Crippen LogP contribution >= 0.6 is 0 Å². The topological polar surface area (TPSA) is 104 Å². The molecule has 0 saturated carbocycles. The van der Waals surface area contributed by atoms with Crippen LogP contribution in [0.15, 0.2) is 36.4 Å². The van der Waals surface area contributed by atoms with Crippen molar-refractivity contribution in [1.29, 1.82) is 5.26 Å². The van der Waals surface area contributed by atoms with E-state index in [0.29, 0.717) is 34.1 Å². The standard InChI is InChI=1S/C19H18N2O6/c1-24-13-5-6-16(21(22)23)15(11-13)14(7-8-20)12-9-17(25-2)19(27-4)18(10-12)26-3/h5-7,9-11H,1-4H3/b14-7+. The molecule has 0 fully saturated rings. The van der Waals surface area contributed by atoms with Gasteiger partial charge in [0, 0.05) is 17.7 Å². The van der Waals surface area contributed by atoms with Crippen molar-refractivity contribution in [3.63, 3.8) is 0 Å². The first-order chi connectivity index (χ1) is 13.0. The summed E-state index contributed by atoms with van der Waals surface area (Å²) in [7, 11) is 5.85. The predicted octanol–water partition coefficient (Wildman–Crippen LogP) is 3.58. The first-order valence-electron chi connectivity index (χ1n) is 7.73. The number of allylic oxidation sites excluding steroid dienone is 1. The van der Waals surface area contributed by atoms with Gasteiger partial charge in [0.15, 0.2) is 11.5 Å². The van der Waals surface area contributed by atoms with Gasteiger partial charge in [0.05, 0.1) is 45.0 Å². The van der Waals surface area contributed by atoms with Gasteiger partial charge in [0.2, 0.25) is 5.75 Å². The van der Waals surface area contributed by atoms with E-state index in [-0.39, 0.29) is 11.3 Å². The molecule has 0 atom stereocenters. The van der Waals surface area contributed by atoms with Gasteiger partial charge in [-0.05, 0) is 29.8 Å². The third kappa shape index (κ3) is 3.93. The third-order valence-electron chi connectivity index (χ3n) is 3.88. The van der Waals surface area contributed by atoms with Crippen LogP contribution in [0.5, 0.6) is 23.0 Å². The molecule has 0 saturated heterocycles. The van der Waals surface area contributed by atoms with Crippen LogP contribution in [0.3, 0.4) is 0 Å². The zero-order chi connectivity index (χ0) is 20.0. The minimum Gasteiger partial charge on any atom is -0.497 e. The van der Waals surface area contributed by atoms with Gasteiger partial charge in [-0.25, -0.2) is 0 Å². The largest absolute Gasteiger partial charge is 0.497 e. The normalized spacial score (nSPS) is 10.7. The molecule has 0 heterocycles. The SMILES string of the molecule is COc1ccc([N+](=O)[O-])c(/C(=C/C#N)c2cc(OC)c(OC)c(OC)c2)c1. The van der Waals surface area contributed by atoms with E-state index in [9.17, 15) is 15.4 Å². The molecule has 0 aliphatic rings. The lowest BCUT2D eigenvalue weighted by atomic mass is 9.95. The number of benzene rings is 2. The zero-order valence-corrected chi connectivity index (χ0v) is 15.3. The predicted molar refractivity (Wildman–Crippen MR) is 98.4 cm³/mol. The first-order valence-corrected chi connectivity index (χ1v) is 7.73. The van der Waals surface area contributed by atoms with Crippen molar-refractivity contribution in [2.45, 2.75) is 0 Å². The summed E-state index contributed by atoms with van der Waals surface area (Å²) >= 11 is 0. The van der Waals surface area contributed by atoms with Gasteiger partial charge in [-0.1, -0.05) is 0 Å². The van der Waals surface area contributed by atoms with Crippen molar-refractivity contribution in [3.8, 4) is 29.1 Å². The van der Waals surface area contributed by atoms with E-state index in [1.165, 1.54) is 52.7 Å².